The molecule has 2 fully saturated rings. The van der Waals surface area contributed by atoms with Crippen LogP contribution in [-0.4, -0.2) is 59.5 Å². The average Bonchev–Trinajstić information content (AvgIpc) is 2.63. The first-order chi connectivity index (χ1) is 10.6. The molecule has 0 N–H and O–H groups in total. The summed E-state index contributed by atoms with van der Waals surface area (Å²) in [6, 6.07) is 0.528. The van der Waals surface area contributed by atoms with Gasteiger partial charge in [-0.3, -0.25) is 19.9 Å². The van der Waals surface area contributed by atoms with Gasteiger partial charge in [0.2, 0.25) is 5.54 Å². The van der Waals surface area contributed by atoms with E-state index < -0.39 is 5.54 Å². The first-order valence-corrected chi connectivity index (χ1v) is 9.14. The highest BCUT2D eigenvalue weighted by atomic mass is 16.6. The highest BCUT2D eigenvalue weighted by Crippen LogP contribution is 2.29. The van der Waals surface area contributed by atoms with E-state index in [-0.39, 0.29) is 4.92 Å². The fourth-order valence-electron chi connectivity index (χ4n) is 4.25. The molecule has 2 heterocycles. The molecule has 2 saturated heterocycles. The molecule has 0 aliphatic carbocycles. The molecule has 2 rings (SSSR count). The predicted octanol–water partition coefficient (Wildman–Crippen LogP) is 3.16. The Morgan fingerprint density at radius 2 is 1.95 bits per heavy atom. The number of nitrogens with zero attached hydrogens (tertiary/aromatic N) is 3. The van der Waals surface area contributed by atoms with E-state index in [9.17, 15) is 10.1 Å². The van der Waals surface area contributed by atoms with Gasteiger partial charge in [-0.1, -0.05) is 39.0 Å². The molecule has 5 heteroatoms. The van der Waals surface area contributed by atoms with Gasteiger partial charge in [0.15, 0.2) is 0 Å². The van der Waals surface area contributed by atoms with Crippen molar-refractivity contribution in [2.75, 3.05) is 33.2 Å². The van der Waals surface area contributed by atoms with Gasteiger partial charge in [-0.15, -0.1) is 0 Å². The first-order valence-electron chi connectivity index (χ1n) is 9.14. The van der Waals surface area contributed by atoms with Crippen molar-refractivity contribution in [3.8, 4) is 0 Å². The maximum Gasteiger partial charge on any atom is 0.247 e. The summed E-state index contributed by atoms with van der Waals surface area (Å²) >= 11 is 0. The predicted molar refractivity (Wildman–Crippen MR) is 89.8 cm³/mol. The summed E-state index contributed by atoms with van der Waals surface area (Å²) in [7, 11) is 2.06. The molecule has 0 saturated carbocycles. The molecule has 5 nitrogen and oxygen atoms in total. The minimum atomic E-state index is -0.757. The van der Waals surface area contributed by atoms with Crippen LogP contribution in [0.4, 0.5) is 0 Å². The lowest BCUT2D eigenvalue weighted by atomic mass is 9.90. The molecular weight excluding hydrogens is 278 g/mol. The van der Waals surface area contributed by atoms with Crippen LogP contribution in [0.1, 0.15) is 64.7 Å². The Labute approximate surface area is 135 Å². The summed E-state index contributed by atoms with van der Waals surface area (Å²) in [6.07, 6.45) is 10.2. The monoisotopic (exact) mass is 311 g/mol. The van der Waals surface area contributed by atoms with E-state index >= 15 is 0 Å². The maximum absolute atomic E-state index is 11.9. The van der Waals surface area contributed by atoms with Crippen molar-refractivity contribution >= 4 is 0 Å². The first kappa shape index (κ1) is 17.7. The zero-order valence-electron chi connectivity index (χ0n) is 14.4. The van der Waals surface area contributed by atoms with Crippen molar-refractivity contribution in [1.29, 1.82) is 0 Å². The number of fused-ring (bicyclic) bond motifs is 1. The van der Waals surface area contributed by atoms with Gasteiger partial charge in [-0.2, -0.15) is 0 Å². The Balaban J connectivity index is 2.01. The second-order valence-electron chi connectivity index (χ2n) is 7.46. The lowest BCUT2D eigenvalue weighted by Gasteiger charge is -2.36. The highest BCUT2D eigenvalue weighted by molar-refractivity contribution is 4.94. The van der Waals surface area contributed by atoms with E-state index in [1.807, 2.05) is 0 Å². The van der Waals surface area contributed by atoms with Crippen molar-refractivity contribution in [2.45, 2.75) is 76.3 Å². The summed E-state index contributed by atoms with van der Waals surface area (Å²) in [5.41, 5.74) is -0.757. The molecule has 0 bridgehead atoms. The maximum atomic E-state index is 11.9. The molecule has 0 amide bonds. The Bertz CT molecular complexity index is 364. The van der Waals surface area contributed by atoms with E-state index in [1.54, 1.807) is 0 Å². The highest BCUT2D eigenvalue weighted by Gasteiger charge is 2.48. The number of hydrogen-bond acceptors (Lipinski definition) is 4. The van der Waals surface area contributed by atoms with Crippen LogP contribution < -0.4 is 0 Å². The van der Waals surface area contributed by atoms with Crippen molar-refractivity contribution in [3.05, 3.63) is 10.1 Å². The zero-order valence-corrected chi connectivity index (χ0v) is 14.4. The Morgan fingerprint density at radius 3 is 2.68 bits per heavy atom. The molecule has 0 aromatic carbocycles. The quantitative estimate of drug-likeness (QED) is 0.412. The minimum absolute atomic E-state index is 0.0420. The fourth-order valence-corrected chi connectivity index (χ4v) is 4.25. The average molecular weight is 311 g/mol. The van der Waals surface area contributed by atoms with Gasteiger partial charge in [-0.05, 0) is 32.9 Å². The van der Waals surface area contributed by atoms with Crippen LogP contribution in [0.2, 0.25) is 0 Å². The SMILES string of the molecule is CCCCCCCC1([N+](=O)[O-])CN(C)CC2CCCCN2C1. The number of rotatable bonds is 7. The number of hydrogen-bond donors (Lipinski definition) is 0. The molecule has 2 atom stereocenters. The molecule has 2 aliphatic heterocycles. The third-order valence-electron chi connectivity index (χ3n) is 5.47. The molecule has 0 spiro atoms. The lowest BCUT2D eigenvalue weighted by molar-refractivity contribution is -0.571. The van der Waals surface area contributed by atoms with E-state index in [0.29, 0.717) is 19.1 Å². The molecule has 0 aromatic rings. The standard InChI is InChI=1S/C17H33N3O2/c1-3-4-5-6-8-11-17(20(21)22)14-18(2)13-16-10-7-9-12-19(16)15-17/h16H,3-15H2,1-2H3. The van der Waals surface area contributed by atoms with Gasteiger partial charge in [0.05, 0.1) is 13.1 Å². The largest absolute Gasteiger partial charge is 0.298 e. The van der Waals surface area contributed by atoms with Crippen molar-refractivity contribution < 1.29 is 4.92 Å². The van der Waals surface area contributed by atoms with Crippen LogP contribution in [0.15, 0.2) is 0 Å². The Hall–Kier alpha value is -0.680. The molecule has 0 radical (unpaired) electrons. The third kappa shape index (κ3) is 4.42. The van der Waals surface area contributed by atoms with Gasteiger partial charge >= 0.3 is 0 Å². The molecule has 0 aromatic heterocycles. The lowest BCUT2D eigenvalue weighted by Crippen LogP contribution is -2.53. The molecule has 2 unspecified atom stereocenters. The third-order valence-corrected chi connectivity index (χ3v) is 5.47. The second kappa shape index (κ2) is 8.25. The summed E-state index contributed by atoms with van der Waals surface area (Å²) in [5.74, 6) is 0. The zero-order chi connectivity index (χ0) is 16.0. The summed E-state index contributed by atoms with van der Waals surface area (Å²) in [4.78, 5) is 16.6. The number of nitro groups is 1. The topological polar surface area (TPSA) is 49.6 Å². The Kier molecular flexibility index (Phi) is 6.63. The van der Waals surface area contributed by atoms with Gasteiger partial charge in [0, 0.05) is 23.9 Å². The van der Waals surface area contributed by atoms with E-state index in [2.05, 4.69) is 23.8 Å². The van der Waals surface area contributed by atoms with E-state index in [4.69, 9.17) is 0 Å². The van der Waals surface area contributed by atoms with Gasteiger partial charge in [0.1, 0.15) is 0 Å². The fraction of sp³-hybridized carbons (Fsp3) is 1.00. The van der Waals surface area contributed by atoms with Crippen molar-refractivity contribution in [3.63, 3.8) is 0 Å². The Morgan fingerprint density at radius 1 is 1.18 bits per heavy atom. The summed E-state index contributed by atoms with van der Waals surface area (Å²) in [6.45, 7) is 5.51. The van der Waals surface area contributed by atoms with Crippen LogP contribution in [-0.2, 0) is 0 Å². The van der Waals surface area contributed by atoms with Crippen molar-refractivity contribution in [2.24, 2.45) is 0 Å². The van der Waals surface area contributed by atoms with Gasteiger partial charge in [0.25, 0.3) is 0 Å². The molecule has 2 aliphatic rings. The van der Waals surface area contributed by atoms with Crippen LogP contribution in [0.3, 0.4) is 0 Å². The van der Waals surface area contributed by atoms with Crippen LogP contribution in [0, 0.1) is 10.1 Å². The second-order valence-corrected chi connectivity index (χ2v) is 7.46. The number of unbranched alkanes of at least 4 members (excludes halogenated alkanes) is 4. The summed E-state index contributed by atoms with van der Waals surface area (Å²) < 4.78 is 0. The van der Waals surface area contributed by atoms with Crippen LogP contribution >= 0.6 is 0 Å². The normalized spacial score (nSPS) is 30.7. The minimum Gasteiger partial charge on any atom is -0.298 e. The van der Waals surface area contributed by atoms with Gasteiger partial charge < -0.3 is 0 Å². The number of piperidine rings is 1. The molecule has 22 heavy (non-hydrogen) atoms. The van der Waals surface area contributed by atoms with Crippen LogP contribution in [0.5, 0.6) is 0 Å². The molecular formula is C17H33N3O2. The van der Waals surface area contributed by atoms with E-state index in [0.717, 1.165) is 32.4 Å². The smallest absolute Gasteiger partial charge is 0.247 e. The van der Waals surface area contributed by atoms with E-state index in [1.165, 1.54) is 38.5 Å². The summed E-state index contributed by atoms with van der Waals surface area (Å²) in [5, 5.41) is 11.9. The van der Waals surface area contributed by atoms with Gasteiger partial charge in [-0.25, -0.2) is 0 Å². The van der Waals surface area contributed by atoms with Crippen LogP contribution in [0.25, 0.3) is 0 Å². The van der Waals surface area contributed by atoms with Crippen molar-refractivity contribution in [1.82, 2.24) is 9.80 Å². The number of likely N-dealkylation sites (N-methyl/N-ethyl adjacent to an activating group) is 1. The molecule has 128 valence electrons.